The second-order valence-corrected chi connectivity index (χ2v) is 11.0. The smallest absolute Gasteiger partial charge is 0.316 e. The summed E-state index contributed by atoms with van der Waals surface area (Å²) in [5.74, 6) is -1.10. The number of rotatable bonds is 5. The summed E-state index contributed by atoms with van der Waals surface area (Å²) in [5, 5.41) is 8.62. The van der Waals surface area contributed by atoms with Crippen LogP contribution in [0.5, 0.6) is 0 Å². The number of aliphatic carboxylic acids is 1. The second kappa shape index (κ2) is 9.08. The molecule has 0 aliphatic heterocycles. The highest BCUT2D eigenvalue weighted by atomic mass is 35.6. The van der Waals surface area contributed by atoms with Gasteiger partial charge in [-0.2, -0.15) is 0 Å². The van der Waals surface area contributed by atoms with Crippen molar-refractivity contribution in [3.05, 3.63) is 35.9 Å². The van der Waals surface area contributed by atoms with Gasteiger partial charge < -0.3 is 5.11 Å². The Labute approximate surface area is 189 Å². The third-order valence-corrected chi connectivity index (χ3v) is 5.56. The van der Waals surface area contributed by atoms with Crippen LogP contribution in [0, 0.1) is 0 Å². The average molecular weight is 510 g/mol. The molecule has 0 spiro atoms. The van der Waals surface area contributed by atoms with Gasteiger partial charge in [-0.1, -0.05) is 88.7 Å². The fraction of sp³-hybridized carbons (Fsp3) is 0.333. The number of carbonyl (C=O) groups is 1. The van der Waals surface area contributed by atoms with Crippen LogP contribution >= 0.6 is 81.4 Å². The molecule has 1 aromatic heterocycles. The largest absolute Gasteiger partial charge is 0.480 e. The summed E-state index contributed by atoms with van der Waals surface area (Å²) in [5.41, 5.74) is 0.552. The second-order valence-electron chi connectivity index (χ2n) is 5.18. The highest BCUT2D eigenvalue weighted by Crippen LogP contribution is 2.40. The van der Waals surface area contributed by atoms with E-state index < -0.39 is 18.8 Å². The molecule has 1 aromatic carbocycles. The molecule has 0 aliphatic rings. The fourth-order valence-electron chi connectivity index (χ4n) is 1.91. The van der Waals surface area contributed by atoms with E-state index in [1.807, 2.05) is 6.92 Å². The Morgan fingerprint density at radius 1 is 1.00 bits per heavy atom. The quantitative estimate of drug-likeness (QED) is 0.385. The van der Waals surface area contributed by atoms with Gasteiger partial charge in [0.25, 0.3) is 0 Å². The maximum atomic E-state index is 11.2. The molecule has 2 aromatic rings. The van der Waals surface area contributed by atoms with Crippen LogP contribution in [0.4, 0.5) is 0 Å². The Hall–Kier alpha value is -0.210. The van der Waals surface area contributed by atoms with Gasteiger partial charge in [0, 0.05) is 10.5 Å². The van der Waals surface area contributed by atoms with Crippen molar-refractivity contribution in [3.63, 3.8) is 0 Å². The summed E-state index contributed by atoms with van der Waals surface area (Å²) < 4.78 is -3.87. The summed E-state index contributed by atoms with van der Waals surface area (Å²) in [4.78, 5) is 24.1. The summed E-state index contributed by atoms with van der Waals surface area (Å²) in [6.07, 6.45) is 0.494. The Morgan fingerprint density at radius 3 is 1.85 bits per heavy atom. The third-order valence-electron chi connectivity index (χ3n) is 3.18. The first-order chi connectivity index (χ1) is 12.4. The number of alkyl halides is 6. The van der Waals surface area contributed by atoms with Crippen LogP contribution in [0.1, 0.15) is 25.0 Å². The van der Waals surface area contributed by atoms with Crippen LogP contribution in [-0.4, -0.2) is 31.3 Å². The van der Waals surface area contributed by atoms with Gasteiger partial charge in [-0.05, 0) is 18.6 Å². The molecule has 12 heteroatoms. The van der Waals surface area contributed by atoms with Crippen molar-refractivity contribution >= 4 is 87.3 Å². The number of carboxylic acids is 1. The minimum Gasteiger partial charge on any atom is -0.480 e. The normalized spacial score (nSPS) is 13.4. The SMILES string of the molecule is CCC(Sc1ccc(-c2nc(C(Cl)(Cl)Cl)nc(C(Cl)(Cl)Cl)n2)cc1)C(=O)O. The molecule has 0 bridgehead atoms. The number of aromatic nitrogens is 3. The number of benzene rings is 1. The number of hydrogen-bond donors (Lipinski definition) is 1. The van der Waals surface area contributed by atoms with E-state index in [0.717, 1.165) is 4.90 Å². The summed E-state index contributed by atoms with van der Waals surface area (Å²) in [7, 11) is 0. The summed E-state index contributed by atoms with van der Waals surface area (Å²) in [6.45, 7) is 1.81. The van der Waals surface area contributed by atoms with Crippen molar-refractivity contribution < 1.29 is 9.90 Å². The first-order valence-corrected chi connectivity index (χ1v) is 10.5. The highest BCUT2D eigenvalue weighted by molar-refractivity contribution is 8.00. The van der Waals surface area contributed by atoms with E-state index in [1.54, 1.807) is 24.3 Å². The van der Waals surface area contributed by atoms with Crippen molar-refractivity contribution in [1.82, 2.24) is 15.0 Å². The summed E-state index contributed by atoms with van der Waals surface area (Å²) in [6, 6.07) is 6.85. The molecular formula is C15H11Cl6N3O2S. The lowest BCUT2D eigenvalue weighted by Gasteiger charge is -2.15. The zero-order valence-electron chi connectivity index (χ0n) is 13.5. The number of thioether (sulfide) groups is 1. The fourth-order valence-corrected chi connectivity index (χ4v) is 3.31. The average Bonchev–Trinajstić information content (AvgIpc) is 2.58. The molecule has 1 heterocycles. The molecule has 5 nitrogen and oxygen atoms in total. The summed E-state index contributed by atoms with van der Waals surface area (Å²) >= 11 is 36.4. The molecule has 0 saturated heterocycles. The molecule has 1 N–H and O–H groups in total. The Kier molecular flexibility index (Phi) is 7.76. The monoisotopic (exact) mass is 507 g/mol. The van der Waals surface area contributed by atoms with E-state index in [-0.39, 0.29) is 17.5 Å². The maximum absolute atomic E-state index is 11.2. The van der Waals surface area contributed by atoms with E-state index in [1.165, 1.54) is 11.8 Å². The first kappa shape index (κ1) is 23.1. The van der Waals surface area contributed by atoms with E-state index in [9.17, 15) is 4.79 Å². The first-order valence-electron chi connectivity index (χ1n) is 7.32. The number of carboxylic acid groups (broad SMARTS) is 1. The van der Waals surface area contributed by atoms with Gasteiger partial charge in [-0.15, -0.1) is 11.8 Å². The molecule has 1 atom stereocenters. The molecule has 0 saturated carbocycles. The predicted molar refractivity (Wildman–Crippen MR) is 111 cm³/mol. The van der Waals surface area contributed by atoms with Crippen LogP contribution in [0.2, 0.25) is 0 Å². The molecule has 0 fully saturated rings. The van der Waals surface area contributed by atoms with Gasteiger partial charge in [-0.3, -0.25) is 4.79 Å². The zero-order chi connectivity index (χ0) is 20.4. The van der Waals surface area contributed by atoms with Gasteiger partial charge in [0.15, 0.2) is 17.5 Å². The molecule has 0 radical (unpaired) electrons. The minimum absolute atomic E-state index is 0.148. The minimum atomic E-state index is -1.94. The lowest BCUT2D eigenvalue weighted by Crippen LogP contribution is -2.16. The number of nitrogens with zero attached hydrogens (tertiary/aromatic N) is 3. The Bertz CT molecular complexity index is 792. The Morgan fingerprint density at radius 2 is 1.48 bits per heavy atom. The van der Waals surface area contributed by atoms with E-state index in [0.29, 0.717) is 12.0 Å². The topological polar surface area (TPSA) is 76.0 Å². The third kappa shape index (κ3) is 6.39. The molecule has 0 amide bonds. The molecule has 146 valence electrons. The highest BCUT2D eigenvalue weighted by Gasteiger charge is 2.34. The molecule has 1 unspecified atom stereocenters. The van der Waals surface area contributed by atoms with Gasteiger partial charge in [0.2, 0.25) is 7.59 Å². The molecule has 27 heavy (non-hydrogen) atoms. The number of halogens is 6. The molecule has 0 aliphatic carbocycles. The molecular weight excluding hydrogens is 499 g/mol. The van der Waals surface area contributed by atoms with Gasteiger partial charge in [-0.25, -0.2) is 15.0 Å². The Balaban J connectivity index is 2.41. The zero-order valence-corrected chi connectivity index (χ0v) is 18.8. The van der Waals surface area contributed by atoms with Crippen molar-refractivity contribution in [2.75, 3.05) is 0 Å². The van der Waals surface area contributed by atoms with E-state index in [2.05, 4.69) is 15.0 Å². The maximum Gasteiger partial charge on any atom is 0.316 e. The van der Waals surface area contributed by atoms with Crippen LogP contribution in [-0.2, 0) is 12.4 Å². The van der Waals surface area contributed by atoms with Crippen LogP contribution < -0.4 is 0 Å². The lowest BCUT2D eigenvalue weighted by molar-refractivity contribution is -0.136. The standard InChI is InChI=1S/C15H11Cl6N3O2S/c1-2-9(11(25)26)27-8-5-3-7(4-6-8)10-22-12(14(16,17)18)24-13(23-10)15(19,20)21/h3-6,9H,2H2,1H3,(H,25,26). The predicted octanol–water partition coefficient (Wildman–Crippen LogP) is 6.15. The van der Waals surface area contributed by atoms with Gasteiger partial charge in [0.05, 0.1) is 0 Å². The van der Waals surface area contributed by atoms with Crippen LogP contribution in [0.3, 0.4) is 0 Å². The van der Waals surface area contributed by atoms with Crippen molar-refractivity contribution in [3.8, 4) is 11.4 Å². The van der Waals surface area contributed by atoms with Gasteiger partial charge >= 0.3 is 5.97 Å². The van der Waals surface area contributed by atoms with Crippen molar-refractivity contribution in [2.24, 2.45) is 0 Å². The van der Waals surface area contributed by atoms with Crippen molar-refractivity contribution in [1.29, 1.82) is 0 Å². The van der Waals surface area contributed by atoms with E-state index >= 15 is 0 Å². The molecule has 2 rings (SSSR count). The van der Waals surface area contributed by atoms with Crippen LogP contribution in [0.15, 0.2) is 29.2 Å². The van der Waals surface area contributed by atoms with Gasteiger partial charge in [0.1, 0.15) is 5.25 Å². The van der Waals surface area contributed by atoms with Crippen molar-refractivity contribution in [2.45, 2.75) is 31.1 Å². The lowest BCUT2D eigenvalue weighted by atomic mass is 10.2. The van der Waals surface area contributed by atoms with Crippen LogP contribution in [0.25, 0.3) is 11.4 Å². The van der Waals surface area contributed by atoms with E-state index in [4.69, 9.17) is 74.7 Å². The number of hydrogen-bond acceptors (Lipinski definition) is 5.